The number of sulfonamides is 1. The topological polar surface area (TPSA) is 89.5 Å². The van der Waals surface area contributed by atoms with Crippen LogP contribution in [-0.4, -0.2) is 32.5 Å². The molecule has 1 aromatic rings. The highest BCUT2D eigenvalue weighted by Crippen LogP contribution is 2.13. The van der Waals surface area contributed by atoms with Crippen molar-refractivity contribution in [2.24, 2.45) is 0 Å². The number of carbonyl (C=O) groups excluding carboxylic acids is 2. The number of hydrogen-bond donors (Lipinski definition) is 1. The Kier molecular flexibility index (Phi) is 5.87. The fourth-order valence-corrected chi connectivity index (χ4v) is 2.21. The van der Waals surface area contributed by atoms with Gasteiger partial charge in [0.15, 0.2) is 6.10 Å². The fourth-order valence-electron chi connectivity index (χ4n) is 1.65. The number of hydrogen-bond acceptors (Lipinski definition) is 5. The van der Waals surface area contributed by atoms with Crippen molar-refractivity contribution in [3.8, 4) is 0 Å². The Balaban J connectivity index is 2.77. The Bertz CT molecular complexity index is 685. The Morgan fingerprint density at radius 3 is 2.18 bits per heavy atom. The molecule has 0 saturated carbocycles. The van der Waals surface area contributed by atoms with E-state index < -0.39 is 22.1 Å². The van der Waals surface area contributed by atoms with Gasteiger partial charge in [0.05, 0.1) is 6.26 Å². The molecule has 0 fully saturated rings. The van der Waals surface area contributed by atoms with Gasteiger partial charge in [-0.1, -0.05) is 5.57 Å². The minimum atomic E-state index is -3.36. The van der Waals surface area contributed by atoms with Gasteiger partial charge in [-0.05, 0) is 45.0 Å². The molecule has 0 radical (unpaired) electrons. The van der Waals surface area contributed by atoms with Crippen molar-refractivity contribution in [2.75, 3.05) is 11.0 Å². The average molecular weight is 325 g/mol. The summed E-state index contributed by atoms with van der Waals surface area (Å²) in [4.78, 5) is 23.6. The maximum atomic E-state index is 12.1. The van der Waals surface area contributed by atoms with Gasteiger partial charge in [0.25, 0.3) is 0 Å². The minimum Gasteiger partial charge on any atom is -0.451 e. The molecule has 6 nitrogen and oxygen atoms in total. The van der Waals surface area contributed by atoms with Crippen LogP contribution in [0.3, 0.4) is 0 Å². The van der Waals surface area contributed by atoms with E-state index in [4.69, 9.17) is 4.74 Å². The second kappa shape index (κ2) is 7.22. The first-order valence-corrected chi connectivity index (χ1v) is 8.45. The summed E-state index contributed by atoms with van der Waals surface area (Å²) in [6.45, 7) is 4.99. The van der Waals surface area contributed by atoms with Crippen molar-refractivity contribution in [2.45, 2.75) is 26.9 Å². The standard InChI is InChI=1S/C15H19NO5S/c1-10(2)9-14(17)21-11(3)15(18)12-5-7-13(8-6-12)16-22(4,19)20/h5-9,11,16H,1-4H3/t11-/m0/s1. The predicted molar refractivity (Wildman–Crippen MR) is 84.2 cm³/mol. The number of ketones is 1. The fraction of sp³-hybridized carbons (Fsp3) is 0.333. The molecule has 0 aromatic heterocycles. The Labute approximate surface area is 130 Å². The van der Waals surface area contributed by atoms with E-state index in [0.29, 0.717) is 11.3 Å². The van der Waals surface area contributed by atoms with Crippen LogP contribution >= 0.6 is 0 Å². The van der Waals surface area contributed by atoms with Gasteiger partial charge in [0.2, 0.25) is 15.8 Å². The number of benzene rings is 1. The highest BCUT2D eigenvalue weighted by Gasteiger charge is 2.18. The van der Waals surface area contributed by atoms with Crippen molar-refractivity contribution < 1.29 is 22.7 Å². The van der Waals surface area contributed by atoms with Crippen LogP contribution in [-0.2, 0) is 19.6 Å². The normalized spacial score (nSPS) is 12.2. The summed E-state index contributed by atoms with van der Waals surface area (Å²) in [6.07, 6.45) is 1.43. The molecular formula is C15H19NO5S. The number of Topliss-reactive ketones (excluding diaryl/α,β-unsaturated/α-hetero) is 1. The van der Waals surface area contributed by atoms with E-state index in [1.54, 1.807) is 13.8 Å². The van der Waals surface area contributed by atoms with Gasteiger partial charge in [-0.3, -0.25) is 9.52 Å². The summed E-state index contributed by atoms with van der Waals surface area (Å²) in [6, 6.07) is 5.89. The lowest BCUT2D eigenvalue weighted by Gasteiger charge is -2.11. The van der Waals surface area contributed by atoms with Crippen LogP contribution in [0, 0.1) is 0 Å². The van der Waals surface area contributed by atoms with E-state index >= 15 is 0 Å². The third-order valence-electron chi connectivity index (χ3n) is 2.54. The van der Waals surface area contributed by atoms with E-state index in [-0.39, 0.29) is 5.78 Å². The van der Waals surface area contributed by atoms with Gasteiger partial charge in [-0.2, -0.15) is 0 Å². The van der Waals surface area contributed by atoms with Crippen molar-refractivity contribution in [1.29, 1.82) is 0 Å². The highest BCUT2D eigenvalue weighted by atomic mass is 32.2. The summed E-state index contributed by atoms with van der Waals surface area (Å²) in [7, 11) is -3.36. The molecule has 0 aliphatic heterocycles. The van der Waals surface area contributed by atoms with E-state index in [1.807, 2.05) is 0 Å². The molecular weight excluding hydrogens is 306 g/mol. The zero-order valence-corrected chi connectivity index (χ0v) is 13.7. The number of nitrogens with one attached hydrogen (secondary N) is 1. The molecule has 0 spiro atoms. The molecule has 22 heavy (non-hydrogen) atoms. The molecule has 120 valence electrons. The van der Waals surface area contributed by atoms with Crippen LogP contribution < -0.4 is 4.72 Å². The molecule has 7 heteroatoms. The lowest BCUT2D eigenvalue weighted by Crippen LogP contribution is -2.23. The van der Waals surface area contributed by atoms with Crippen molar-refractivity contribution in [3.05, 3.63) is 41.5 Å². The molecule has 0 amide bonds. The monoisotopic (exact) mass is 325 g/mol. The molecule has 0 unspecified atom stereocenters. The van der Waals surface area contributed by atoms with Gasteiger partial charge >= 0.3 is 5.97 Å². The molecule has 1 N–H and O–H groups in total. The predicted octanol–water partition coefficient (Wildman–Crippen LogP) is 2.14. The molecule has 0 saturated heterocycles. The third kappa shape index (κ3) is 6.09. The van der Waals surface area contributed by atoms with Crippen molar-refractivity contribution in [3.63, 3.8) is 0 Å². The van der Waals surface area contributed by atoms with Gasteiger partial charge in [0, 0.05) is 17.3 Å². The Morgan fingerprint density at radius 1 is 1.18 bits per heavy atom. The number of allylic oxidation sites excluding steroid dienone is 1. The number of rotatable bonds is 6. The van der Waals surface area contributed by atoms with Crippen LogP contribution in [0.4, 0.5) is 5.69 Å². The number of anilines is 1. The van der Waals surface area contributed by atoms with Gasteiger partial charge in [0.1, 0.15) is 0 Å². The van der Waals surface area contributed by atoms with Gasteiger partial charge in [-0.15, -0.1) is 0 Å². The maximum absolute atomic E-state index is 12.1. The number of ether oxygens (including phenoxy) is 1. The molecule has 0 aliphatic rings. The maximum Gasteiger partial charge on any atom is 0.331 e. The molecule has 1 rings (SSSR count). The number of carbonyl (C=O) groups is 2. The lowest BCUT2D eigenvalue weighted by atomic mass is 10.1. The van der Waals surface area contributed by atoms with Crippen LogP contribution in [0.5, 0.6) is 0 Å². The quantitative estimate of drug-likeness (QED) is 0.492. The highest BCUT2D eigenvalue weighted by molar-refractivity contribution is 7.92. The van der Waals surface area contributed by atoms with E-state index in [2.05, 4.69) is 4.72 Å². The lowest BCUT2D eigenvalue weighted by molar-refractivity contribution is -0.140. The Morgan fingerprint density at radius 2 is 1.73 bits per heavy atom. The SMILES string of the molecule is CC(C)=CC(=O)O[C@@H](C)C(=O)c1ccc(NS(C)(=O)=O)cc1. The second-order valence-corrected chi connectivity index (χ2v) is 6.87. The minimum absolute atomic E-state index is 0.330. The Hall–Kier alpha value is -2.15. The first-order chi connectivity index (χ1) is 10.1. The molecule has 1 aromatic carbocycles. The smallest absolute Gasteiger partial charge is 0.331 e. The molecule has 1 atom stereocenters. The first kappa shape index (κ1) is 17.9. The summed E-state index contributed by atoms with van der Waals surface area (Å²) < 4.78 is 29.5. The van der Waals surface area contributed by atoms with Crippen molar-refractivity contribution in [1.82, 2.24) is 0 Å². The van der Waals surface area contributed by atoms with Gasteiger partial charge < -0.3 is 4.74 Å². The first-order valence-electron chi connectivity index (χ1n) is 6.56. The largest absolute Gasteiger partial charge is 0.451 e. The number of esters is 1. The molecule has 0 bridgehead atoms. The van der Waals surface area contributed by atoms with Gasteiger partial charge in [-0.25, -0.2) is 13.2 Å². The van der Waals surface area contributed by atoms with Crippen LogP contribution in [0.25, 0.3) is 0 Å². The van der Waals surface area contributed by atoms with E-state index in [0.717, 1.165) is 11.8 Å². The summed E-state index contributed by atoms with van der Waals surface area (Å²) >= 11 is 0. The van der Waals surface area contributed by atoms with E-state index in [9.17, 15) is 18.0 Å². The second-order valence-electron chi connectivity index (χ2n) is 5.12. The zero-order valence-electron chi connectivity index (χ0n) is 12.9. The average Bonchev–Trinajstić information content (AvgIpc) is 2.35. The summed E-state index contributed by atoms with van der Waals surface area (Å²) in [5, 5.41) is 0. The zero-order chi connectivity index (χ0) is 16.9. The van der Waals surface area contributed by atoms with Crippen LogP contribution in [0.1, 0.15) is 31.1 Å². The van der Waals surface area contributed by atoms with E-state index in [1.165, 1.54) is 37.3 Å². The van der Waals surface area contributed by atoms with Crippen LogP contribution in [0.15, 0.2) is 35.9 Å². The summed E-state index contributed by atoms with van der Waals surface area (Å²) in [5.74, 6) is -0.933. The summed E-state index contributed by atoms with van der Waals surface area (Å²) in [5.41, 5.74) is 1.46. The van der Waals surface area contributed by atoms with Crippen LogP contribution in [0.2, 0.25) is 0 Å². The third-order valence-corrected chi connectivity index (χ3v) is 3.15. The molecule has 0 heterocycles. The molecule has 0 aliphatic carbocycles. The van der Waals surface area contributed by atoms with Crippen molar-refractivity contribution >= 4 is 27.5 Å².